The Bertz CT molecular complexity index is 6180. The molecule has 0 radical (unpaired) electrons. The van der Waals surface area contributed by atoms with Gasteiger partial charge in [-0.3, -0.25) is 4.79 Å². The minimum absolute atomic E-state index is 0.0406. The molecule has 3 atom stereocenters. The van der Waals surface area contributed by atoms with Gasteiger partial charge >= 0.3 is 21.1 Å². The number of nitrogens with one attached hydrogen (secondary N) is 4. The van der Waals surface area contributed by atoms with Crippen molar-refractivity contribution in [2.45, 2.75) is 283 Å². The molecule has 0 saturated carbocycles. The number of anilines is 3. The molecule has 3 aliphatic heterocycles. The zero-order valence-electron chi connectivity index (χ0n) is 91.3. The van der Waals surface area contributed by atoms with Crippen LogP contribution in [0.1, 0.15) is 223 Å². The molecule has 0 aliphatic carbocycles. The fraction of sp³-hybridized carbons (Fsp3) is 0.433. The zero-order valence-corrected chi connectivity index (χ0v) is 95.2. The molecular weight excluding hydrogens is 1970 g/mol. The van der Waals surface area contributed by atoms with Crippen molar-refractivity contribution < 1.29 is 42.5 Å². The van der Waals surface area contributed by atoms with Crippen LogP contribution in [0.25, 0.3) is 54.6 Å². The highest BCUT2D eigenvalue weighted by Crippen LogP contribution is 2.45. The number of hydrogen-bond donors (Lipinski definition) is 5. The lowest BCUT2D eigenvalue weighted by Gasteiger charge is -2.32. The average molecular weight is 2130 g/mol. The van der Waals surface area contributed by atoms with Crippen LogP contribution in [0.4, 0.5) is 17.1 Å². The molecular formula is C120H160B3Br2ClN10O10. The van der Waals surface area contributed by atoms with Crippen LogP contribution in [-0.4, -0.2) is 172 Å². The van der Waals surface area contributed by atoms with E-state index in [0.717, 1.165) is 139 Å². The van der Waals surface area contributed by atoms with Gasteiger partial charge in [0.2, 0.25) is 11.8 Å². The molecule has 3 aliphatic rings. The van der Waals surface area contributed by atoms with E-state index in [1.165, 1.54) is 83.5 Å². The maximum atomic E-state index is 12.3. The Morgan fingerprint density at radius 1 is 0.397 bits per heavy atom. The number of aromatic amines is 1. The number of aliphatic hydroxyl groups excluding tert-OH is 1. The summed E-state index contributed by atoms with van der Waals surface area (Å²) < 4.78 is 50.4. The van der Waals surface area contributed by atoms with Crippen LogP contribution >= 0.6 is 43.5 Å². The highest BCUT2D eigenvalue weighted by Gasteiger charge is 2.64. The number of rotatable bonds is 35. The Balaban J connectivity index is 0.000000182. The summed E-state index contributed by atoms with van der Waals surface area (Å²) in [4.78, 5) is 35.3. The van der Waals surface area contributed by atoms with Crippen LogP contribution in [0.3, 0.4) is 0 Å². The van der Waals surface area contributed by atoms with Crippen molar-refractivity contribution in [1.29, 1.82) is 0 Å². The number of nitrogens with zero attached hydrogens (tertiary/aromatic N) is 6. The second kappa shape index (κ2) is 56.2. The van der Waals surface area contributed by atoms with Crippen LogP contribution in [0.5, 0.6) is 11.8 Å². The molecule has 26 heteroatoms. The molecule has 3 fully saturated rings. The number of aliphatic hydroxyl groups is 1. The topological polar surface area (TPSA) is 211 Å². The van der Waals surface area contributed by atoms with Crippen molar-refractivity contribution in [3.05, 3.63) is 313 Å². The van der Waals surface area contributed by atoms with Gasteiger partial charge in [0.15, 0.2) is 0 Å². The second-order valence-corrected chi connectivity index (χ2v) is 43.3. The van der Waals surface area contributed by atoms with E-state index in [1.807, 2.05) is 219 Å². The van der Waals surface area contributed by atoms with Gasteiger partial charge < -0.3 is 78.1 Å². The molecule has 9 aromatic carbocycles. The predicted octanol–water partition coefficient (Wildman–Crippen LogP) is 28.2. The fourth-order valence-electron chi connectivity index (χ4n) is 17.2. The number of hydrogen-bond acceptors (Lipinski definition) is 19. The van der Waals surface area contributed by atoms with Gasteiger partial charge in [0.1, 0.15) is 18.4 Å². The molecule has 4 aromatic heterocycles. The summed E-state index contributed by atoms with van der Waals surface area (Å²) in [6.45, 7) is 64.1. The van der Waals surface area contributed by atoms with Crippen LogP contribution < -0.4 is 36.4 Å². The van der Waals surface area contributed by atoms with E-state index in [9.17, 15) is 4.79 Å². The molecule has 0 amide bonds. The van der Waals surface area contributed by atoms with E-state index in [0.29, 0.717) is 48.3 Å². The molecule has 7 heterocycles. The minimum Gasteiger partial charge on any atom is -0.473 e. The van der Waals surface area contributed by atoms with E-state index < -0.39 is 32.3 Å². The Hall–Kier alpha value is -9.80. The van der Waals surface area contributed by atoms with Crippen molar-refractivity contribution in [1.82, 2.24) is 34.6 Å². The normalized spacial score (nSPS) is 15.5. The van der Waals surface area contributed by atoms with Crippen molar-refractivity contribution in [3.63, 3.8) is 0 Å². The molecule has 780 valence electrons. The molecule has 5 N–H and O–H groups in total. The standard InChI is InChI=1S/C32H39N3O.C25H33N3O.C19H24BNO3.C19H27BrN2.C12H24B2O4.C7H8O.C6H5BrClN/c1-5-35(6-2)20-10-11-25(4)34-30-17-16-27-21-29(15-14-28(27)22-30)31-24(3)18-19-33-32(31)36-23-26-12-8-7-9-13-26;1-5-28(6-2)15-7-8-19(4)27-23-12-11-20-16-22(10-9-21(20)17-23)24-18(3)13-14-26-25(24)29;1-14-11-12-21-17(22-13-15-9-7-6-8-10-15)16(14)20-23-18(2,3)19(4,5)24-20;1-4-22(5-2)12-6-7-15(3)21-19-11-9-16-13-18(20)10-8-17(16)14-19;1-9(2)10(3,4)16-13(15-9)14-17-11(5,6)12(7,8)18-14;8-6-7-4-2-1-3-5-7;1-4-2-3-9-6(8)5(4)7/h7-9,12-19,21-22,25,34H,5-6,10-11,20,23H2,1-4H3;9-14,16-17,19,27H,5-8,15H2,1-4H3,(H,26,29);6-12H,13H2,1-5H3;8-11,13-15,21H,4-7,12H2,1-3H3;1-8H3;1-5,8H,6H2;2-3H,1H3. The number of benzene rings is 9. The van der Waals surface area contributed by atoms with Gasteiger partial charge in [-0.1, -0.05) is 209 Å². The van der Waals surface area contributed by atoms with E-state index in [2.05, 4.69) is 267 Å². The molecule has 16 rings (SSSR count). The number of aryl methyl sites for hydroxylation is 4. The third-order valence-electron chi connectivity index (χ3n) is 28.5. The van der Waals surface area contributed by atoms with Crippen LogP contribution in [-0.2, 0) is 47.7 Å². The molecule has 146 heavy (non-hydrogen) atoms. The third kappa shape index (κ3) is 34.4. The second-order valence-electron chi connectivity index (χ2n) is 41.2. The van der Waals surface area contributed by atoms with E-state index in [1.54, 1.807) is 18.6 Å². The summed E-state index contributed by atoms with van der Waals surface area (Å²) in [6.07, 6.45) is 14.1. The number of H-pyrrole nitrogens is 1. The average Bonchev–Trinajstić information content (AvgIpc) is 1.59. The van der Waals surface area contributed by atoms with Gasteiger partial charge in [-0.05, 0) is 412 Å². The smallest absolute Gasteiger partial charge is 0.473 e. The first-order chi connectivity index (χ1) is 69.5. The molecule has 3 saturated heterocycles. The fourth-order valence-corrected chi connectivity index (χ4v) is 18.0. The largest absolute Gasteiger partial charge is 0.500 e. The van der Waals surface area contributed by atoms with Crippen LogP contribution in [0.15, 0.2) is 263 Å². The van der Waals surface area contributed by atoms with Crippen molar-refractivity contribution in [2.75, 3.05) is 74.9 Å². The summed E-state index contributed by atoms with van der Waals surface area (Å²) in [7, 11) is -1.43. The molecule has 13 aromatic rings. The summed E-state index contributed by atoms with van der Waals surface area (Å²) in [5.74, 6) is 1.24. The van der Waals surface area contributed by atoms with Crippen molar-refractivity contribution >= 4 is 119 Å². The van der Waals surface area contributed by atoms with Crippen LogP contribution in [0.2, 0.25) is 5.15 Å². The Morgan fingerprint density at radius 2 is 0.733 bits per heavy atom. The number of fused-ring (bicyclic) bond motifs is 3. The highest BCUT2D eigenvalue weighted by atomic mass is 79.9. The minimum atomic E-state index is -0.477. The lowest BCUT2D eigenvalue weighted by molar-refractivity contribution is 0.00578. The first kappa shape index (κ1) is 118. The number of halogens is 3. The van der Waals surface area contributed by atoms with Gasteiger partial charge in [-0.25, -0.2) is 15.0 Å². The lowest BCUT2D eigenvalue weighted by atomic mass is 9.49. The number of aromatic nitrogens is 4. The number of pyridine rings is 4. The van der Waals surface area contributed by atoms with E-state index >= 15 is 0 Å². The SMILES string of the molecule is CC1(C)OB(B2OC(C)(C)C(C)(C)O2)OC1(C)C.CCN(CC)CCCC(C)Nc1ccc2cc(-c3c(C)cc[nH]c3=O)ccc2c1.CCN(CC)CCCC(C)Nc1ccc2cc(-c3c(C)ccnc3OCc3ccccc3)ccc2c1.CCN(CC)CCCC(C)Nc1ccc2cc(Br)ccc2c1.Cc1ccnc(Cl)c1Br.Cc1ccnc(OCc2ccccc2)c1B1OC(C)(C)C(C)(C)O1.OCc1ccccc1. The van der Waals surface area contributed by atoms with Gasteiger partial charge in [-0.2, -0.15) is 0 Å². The maximum Gasteiger partial charge on any atom is 0.500 e. The van der Waals surface area contributed by atoms with E-state index in [-0.39, 0.29) is 34.6 Å². The Morgan fingerprint density at radius 3 is 1.12 bits per heavy atom. The predicted molar refractivity (Wildman–Crippen MR) is 621 cm³/mol. The molecule has 20 nitrogen and oxygen atoms in total. The molecule has 0 bridgehead atoms. The first-order valence-electron chi connectivity index (χ1n) is 52.2. The van der Waals surface area contributed by atoms with Crippen molar-refractivity contribution in [2.24, 2.45) is 0 Å². The Kier molecular flexibility index (Phi) is 45.4. The monoisotopic (exact) mass is 2130 g/mol. The molecule has 0 spiro atoms. The van der Waals surface area contributed by atoms with Gasteiger partial charge in [0.25, 0.3) is 5.56 Å². The van der Waals surface area contributed by atoms with Gasteiger partial charge in [-0.15, -0.1) is 0 Å². The maximum absolute atomic E-state index is 12.3. The van der Waals surface area contributed by atoms with Crippen LogP contribution in [0, 0.1) is 27.7 Å². The summed E-state index contributed by atoms with van der Waals surface area (Å²) >= 11 is 12.5. The summed E-state index contributed by atoms with van der Waals surface area (Å²) in [5.41, 5.74) is 13.5. The summed E-state index contributed by atoms with van der Waals surface area (Å²) in [6, 6.07) is 78.0. The third-order valence-corrected chi connectivity index (χ3v) is 30.5. The zero-order chi connectivity index (χ0) is 106. The van der Waals surface area contributed by atoms with Gasteiger partial charge in [0, 0.05) is 81.0 Å². The van der Waals surface area contributed by atoms with Crippen molar-refractivity contribution in [3.8, 4) is 34.0 Å². The summed E-state index contributed by atoms with van der Waals surface area (Å²) in [5, 5.41) is 27.3. The Labute approximate surface area is 894 Å². The lowest BCUT2D eigenvalue weighted by Crippen LogP contribution is -2.41. The highest BCUT2D eigenvalue weighted by molar-refractivity contribution is 9.10. The van der Waals surface area contributed by atoms with E-state index in [4.69, 9.17) is 54.1 Å². The van der Waals surface area contributed by atoms with Gasteiger partial charge in [0.05, 0.1) is 44.7 Å². The quantitative estimate of drug-likeness (QED) is 0.0185. The molecule has 3 unspecified atom stereocenters. The number of ether oxygens (including phenoxy) is 2. The first-order valence-corrected chi connectivity index (χ1v) is 54.2.